The molecule has 0 radical (unpaired) electrons. The lowest BCUT2D eigenvalue weighted by atomic mass is 10.1. The minimum Gasteiger partial charge on any atom is -0.389 e. The van der Waals surface area contributed by atoms with E-state index in [-0.39, 0.29) is 10.8 Å². The quantitative estimate of drug-likeness (QED) is 0.814. The second-order valence-electron chi connectivity index (χ2n) is 4.16. The zero-order valence-corrected chi connectivity index (χ0v) is 12.6. The molecule has 5 heteroatoms. The van der Waals surface area contributed by atoms with Gasteiger partial charge in [-0.1, -0.05) is 19.1 Å². The maximum Gasteiger partial charge on any atom is 0.147 e. The summed E-state index contributed by atoms with van der Waals surface area (Å²) in [6, 6.07) is 5.24. The smallest absolute Gasteiger partial charge is 0.147 e. The Kier molecular flexibility index (Phi) is 5.88. The van der Waals surface area contributed by atoms with Gasteiger partial charge in [-0.05, 0) is 30.9 Å². The summed E-state index contributed by atoms with van der Waals surface area (Å²) in [4.78, 5) is 2.20. The van der Waals surface area contributed by atoms with Gasteiger partial charge in [0.2, 0.25) is 0 Å². The standard InChI is InChI=1S/C13H19FN2S2/c1-4-10(8-18-3)16(2)12-6-5-9(13(15)17)7-11(12)14/h5-7,10H,4,8H2,1-3H3,(H2,15,17). The molecule has 1 atom stereocenters. The Morgan fingerprint density at radius 2 is 2.22 bits per heavy atom. The van der Waals surface area contributed by atoms with Crippen molar-refractivity contribution >= 4 is 34.7 Å². The van der Waals surface area contributed by atoms with Gasteiger partial charge in [0.1, 0.15) is 10.8 Å². The van der Waals surface area contributed by atoms with Gasteiger partial charge in [0, 0.05) is 24.4 Å². The highest BCUT2D eigenvalue weighted by Crippen LogP contribution is 2.23. The lowest BCUT2D eigenvalue weighted by Gasteiger charge is -2.29. The van der Waals surface area contributed by atoms with Crippen molar-refractivity contribution < 1.29 is 4.39 Å². The Morgan fingerprint density at radius 3 is 2.67 bits per heavy atom. The summed E-state index contributed by atoms with van der Waals surface area (Å²) in [7, 11) is 1.92. The molecule has 1 aromatic rings. The average molecular weight is 286 g/mol. The van der Waals surface area contributed by atoms with Crippen molar-refractivity contribution in [3.8, 4) is 0 Å². The molecule has 0 aliphatic carbocycles. The zero-order valence-electron chi connectivity index (χ0n) is 10.9. The third-order valence-electron chi connectivity index (χ3n) is 2.99. The van der Waals surface area contributed by atoms with Gasteiger partial charge in [-0.15, -0.1) is 0 Å². The third kappa shape index (κ3) is 3.59. The number of thioether (sulfide) groups is 1. The highest BCUT2D eigenvalue weighted by Gasteiger charge is 2.16. The molecule has 0 bridgehead atoms. The summed E-state index contributed by atoms with van der Waals surface area (Å²) < 4.78 is 14.0. The number of benzene rings is 1. The van der Waals surface area contributed by atoms with Crippen LogP contribution >= 0.6 is 24.0 Å². The van der Waals surface area contributed by atoms with E-state index in [2.05, 4.69) is 13.2 Å². The Morgan fingerprint density at radius 1 is 1.56 bits per heavy atom. The van der Waals surface area contributed by atoms with E-state index in [0.29, 0.717) is 17.3 Å². The number of rotatable bonds is 6. The first-order valence-electron chi connectivity index (χ1n) is 5.82. The number of hydrogen-bond donors (Lipinski definition) is 1. The number of halogens is 1. The SMILES string of the molecule is CCC(CSC)N(C)c1ccc(C(N)=S)cc1F. The van der Waals surface area contributed by atoms with Gasteiger partial charge in [0.15, 0.2) is 0 Å². The van der Waals surface area contributed by atoms with Crippen molar-refractivity contribution in [1.29, 1.82) is 0 Å². The molecule has 1 unspecified atom stereocenters. The van der Waals surface area contributed by atoms with Crippen LogP contribution in [0.25, 0.3) is 0 Å². The zero-order chi connectivity index (χ0) is 13.7. The maximum absolute atomic E-state index is 14.0. The Bertz CT molecular complexity index is 423. The highest BCUT2D eigenvalue weighted by molar-refractivity contribution is 7.98. The molecule has 100 valence electrons. The number of anilines is 1. The molecule has 0 heterocycles. The van der Waals surface area contributed by atoms with Crippen LogP contribution in [0.15, 0.2) is 18.2 Å². The maximum atomic E-state index is 14.0. The Balaban J connectivity index is 2.98. The summed E-state index contributed by atoms with van der Waals surface area (Å²) in [5.41, 5.74) is 6.65. The van der Waals surface area contributed by atoms with Crippen molar-refractivity contribution in [2.24, 2.45) is 5.73 Å². The van der Waals surface area contributed by atoms with Crippen LogP contribution in [0.3, 0.4) is 0 Å². The molecule has 0 saturated carbocycles. The number of hydrogen-bond acceptors (Lipinski definition) is 3. The van der Waals surface area contributed by atoms with Gasteiger partial charge in [-0.25, -0.2) is 4.39 Å². The van der Waals surface area contributed by atoms with Crippen molar-refractivity contribution in [1.82, 2.24) is 0 Å². The van der Waals surface area contributed by atoms with E-state index in [1.807, 2.05) is 11.9 Å². The second-order valence-corrected chi connectivity index (χ2v) is 5.51. The van der Waals surface area contributed by atoms with Gasteiger partial charge in [0.25, 0.3) is 0 Å². The first-order valence-corrected chi connectivity index (χ1v) is 7.62. The molecule has 1 aromatic carbocycles. The number of nitrogens with zero attached hydrogens (tertiary/aromatic N) is 1. The first-order chi connectivity index (χ1) is 8.51. The molecule has 0 amide bonds. The van der Waals surface area contributed by atoms with E-state index < -0.39 is 0 Å². The normalized spacial score (nSPS) is 12.2. The van der Waals surface area contributed by atoms with Gasteiger partial charge >= 0.3 is 0 Å². The monoisotopic (exact) mass is 286 g/mol. The fraction of sp³-hybridized carbons (Fsp3) is 0.462. The molecule has 0 aliphatic rings. The van der Waals surface area contributed by atoms with Crippen LogP contribution in [-0.4, -0.2) is 30.1 Å². The molecule has 2 N–H and O–H groups in total. The van der Waals surface area contributed by atoms with E-state index in [1.165, 1.54) is 6.07 Å². The van der Waals surface area contributed by atoms with Gasteiger partial charge in [-0.2, -0.15) is 11.8 Å². The summed E-state index contributed by atoms with van der Waals surface area (Å²) in [6.07, 6.45) is 3.04. The number of nitrogens with two attached hydrogens (primary N) is 1. The molecule has 0 saturated heterocycles. The molecule has 0 aromatic heterocycles. The second kappa shape index (κ2) is 6.95. The Labute approximate surface area is 118 Å². The predicted octanol–water partition coefficient (Wildman–Crippen LogP) is 3.04. The van der Waals surface area contributed by atoms with E-state index >= 15 is 0 Å². The van der Waals surface area contributed by atoms with Crippen molar-refractivity contribution in [3.63, 3.8) is 0 Å². The lowest BCUT2D eigenvalue weighted by Crippen LogP contribution is -2.33. The summed E-state index contributed by atoms with van der Waals surface area (Å²) in [5.74, 6) is 0.700. The molecule has 0 fully saturated rings. The first kappa shape index (κ1) is 15.2. The van der Waals surface area contributed by atoms with E-state index in [4.69, 9.17) is 18.0 Å². The summed E-state index contributed by atoms with van der Waals surface area (Å²) >= 11 is 6.61. The molecule has 18 heavy (non-hydrogen) atoms. The predicted molar refractivity (Wildman–Crippen MR) is 83.2 cm³/mol. The Hall–Kier alpha value is -0.810. The topological polar surface area (TPSA) is 29.3 Å². The van der Waals surface area contributed by atoms with E-state index in [0.717, 1.165) is 12.2 Å². The fourth-order valence-electron chi connectivity index (χ4n) is 1.84. The molecule has 0 spiro atoms. The molecule has 0 aliphatic heterocycles. The van der Waals surface area contributed by atoms with E-state index in [9.17, 15) is 4.39 Å². The molecular weight excluding hydrogens is 267 g/mol. The third-order valence-corrected chi connectivity index (χ3v) is 3.94. The number of thiocarbonyl (C=S) groups is 1. The van der Waals surface area contributed by atoms with Crippen LogP contribution in [0.5, 0.6) is 0 Å². The van der Waals surface area contributed by atoms with Crippen LogP contribution in [-0.2, 0) is 0 Å². The lowest BCUT2D eigenvalue weighted by molar-refractivity contribution is 0.602. The molecule has 1 rings (SSSR count). The molecular formula is C13H19FN2S2. The van der Waals surface area contributed by atoms with Crippen molar-refractivity contribution in [2.75, 3.05) is 24.0 Å². The van der Waals surface area contributed by atoms with Crippen LogP contribution in [0.1, 0.15) is 18.9 Å². The summed E-state index contributed by atoms with van der Waals surface area (Å²) in [6.45, 7) is 2.11. The van der Waals surface area contributed by atoms with Crippen LogP contribution < -0.4 is 10.6 Å². The molecule has 2 nitrogen and oxygen atoms in total. The fourth-order valence-corrected chi connectivity index (χ4v) is 2.81. The average Bonchev–Trinajstić information content (AvgIpc) is 2.34. The minimum absolute atomic E-state index is 0.222. The van der Waals surface area contributed by atoms with Crippen LogP contribution in [0.4, 0.5) is 10.1 Å². The van der Waals surface area contributed by atoms with Gasteiger partial charge in [-0.3, -0.25) is 0 Å². The van der Waals surface area contributed by atoms with Gasteiger partial charge < -0.3 is 10.6 Å². The van der Waals surface area contributed by atoms with Gasteiger partial charge in [0.05, 0.1) is 5.69 Å². The highest BCUT2D eigenvalue weighted by atomic mass is 32.2. The van der Waals surface area contributed by atoms with Crippen LogP contribution in [0, 0.1) is 5.82 Å². The minimum atomic E-state index is -0.276. The largest absolute Gasteiger partial charge is 0.389 e. The van der Waals surface area contributed by atoms with Crippen molar-refractivity contribution in [2.45, 2.75) is 19.4 Å². The van der Waals surface area contributed by atoms with Crippen molar-refractivity contribution in [3.05, 3.63) is 29.6 Å². The van der Waals surface area contributed by atoms with E-state index in [1.54, 1.807) is 23.9 Å². The van der Waals surface area contributed by atoms with Crippen LogP contribution in [0.2, 0.25) is 0 Å². The summed E-state index contributed by atoms with van der Waals surface area (Å²) in [5, 5.41) is 0.